The number of aromatic nitrogens is 1. The number of hydrogen-bond donors (Lipinski definition) is 0. The van der Waals surface area contributed by atoms with Gasteiger partial charge in [0.25, 0.3) is 0 Å². The Kier molecular flexibility index (Phi) is 53.6. The molecule has 0 radical (unpaired) electrons. The third-order valence-corrected chi connectivity index (χ3v) is 15.7. The van der Waals surface area contributed by atoms with E-state index in [2.05, 4.69) is 46.1 Å². The van der Waals surface area contributed by atoms with Gasteiger partial charge in [0, 0.05) is 30.4 Å². The monoisotopic (exact) mass is 1050 g/mol. The Balaban J connectivity index is 0.0000436. The predicted octanol–water partition coefficient (Wildman–Crippen LogP) is 19.5. The lowest BCUT2D eigenvalue weighted by atomic mass is 9.85. The molecule has 0 aliphatic carbocycles. The van der Waals surface area contributed by atoms with Crippen LogP contribution >= 0.6 is 0 Å². The summed E-state index contributed by atoms with van der Waals surface area (Å²) in [5.74, 6) is 0. The van der Waals surface area contributed by atoms with Gasteiger partial charge in [0.2, 0.25) is 0 Å². The minimum Gasteiger partial charge on any atom is -1.00 e. The van der Waals surface area contributed by atoms with Crippen molar-refractivity contribution in [2.24, 2.45) is 0 Å². The largest absolute Gasteiger partial charge is 1.00 e. The first-order chi connectivity index (χ1) is 32.7. The topological polar surface area (TPSA) is 3.88 Å². The highest BCUT2D eigenvalue weighted by atomic mass is 127. The molecule has 398 valence electrons. The van der Waals surface area contributed by atoms with Crippen molar-refractivity contribution in [2.75, 3.05) is 0 Å². The molecular formula is C65H126IN. The maximum absolute atomic E-state index is 3.12. The minimum atomic E-state index is 0. The Morgan fingerprint density at radius 2 is 0.373 bits per heavy atom. The molecule has 1 rings (SSSR count). The third kappa shape index (κ3) is 38.2. The Hall–Kier alpha value is -0.120. The Morgan fingerprint density at radius 1 is 0.194 bits per heavy atom. The molecule has 1 aromatic rings. The highest BCUT2D eigenvalue weighted by Crippen LogP contribution is 2.30. The highest BCUT2D eigenvalue weighted by molar-refractivity contribution is 5.39. The van der Waals surface area contributed by atoms with Gasteiger partial charge in [-0.3, -0.25) is 0 Å². The van der Waals surface area contributed by atoms with Crippen LogP contribution in [0.5, 0.6) is 0 Å². The van der Waals surface area contributed by atoms with Gasteiger partial charge in [0.15, 0.2) is 11.4 Å². The standard InChI is InChI=1S/C65H126N.HI/c1-7-13-19-25-31-37-43-49-55-61-62(56-50-44-38-32-26-20-14-8-2)64(58-52-46-40-34-28-22-16-10-4)66(60-54-48-42-36-30-24-18-12-6)65(59-53-47-41-35-29-23-17-11-5)63(61)57-51-45-39-33-27-21-15-9-3;/h7-60H2,1-6H3;1H/q+1;/p-1. The van der Waals surface area contributed by atoms with Crippen molar-refractivity contribution in [3.63, 3.8) is 0 Å². The van der Waals surface area contributed by atoms with Crippen LogP contribution in [0.25, 0.3) is 0 Å². The van der Waals surface area contributed by atoms with Gasteiger partial charge < -0.3 is 24.0 Å². The van der Waals surface area contributed by atoms with Crippen LogP contribution in [0, 0.1) is 0 Å². The number of nitrogens with zero attached hydrogens (tertiary/aromatic N) is 1. The van der Waals surface area contributed by atoms with E-state index in [0.29, 0.717) is 0 Å². The second kappa shape index (κ2) is 53.7. The molecule has 0 bridgehead atoms. The van der Waals surface area contributed by atoms with Crippen molar-refractivity contribution in [3.8, 4) is 0 Å². The zero-order valence-electron chi connectivity index (χ0n) is 47.5. The summed E-state index contributed by atoms with van der Waals surface area (Å²) < 4.78 is 3.12. The lowest BCUT2D eigenvalue weighted by Gasteiger charge is -2.23. The van der Waals surface area contributed by atoms with Crippen molar-refractivity contribution in [1.29, 1.82) is 0 Å². The van der Waals surface area contributed by atoms with E-state index in [4.69, 9.17) is 0 Å². The molecule has 0 fully saturated rings. The van der Waals surface area contributed by atoms with Crippen molar-refractivity contribution in [1.82, 2.24) is 0 Å². The summed E-state index contributed by atoms with van der Waals surface area (Å²) >= 11 is 0. The molecule has 67 heavy (non-hydrogen) atoms. The van der Waals surface area contributed by atoms with E-state index in [1.165, 1.54) is 347 Å². The first-order valence-corrected chi connectivity index (χ1v) is 31.8. The van der Waals surface area contributed by atoms with Crippen molar-refractivity contribution in [3.05, 3.63) is 28.1 Å². The van der Waals surface area contributed by atoms with E-state index in [-0.39, 0.29) is 24.0 Å². The van der Waals surface area contributed by atoms with Gasteiger partial charge in [-0.1, -0.05) is 305 Å². The molecule has 0 aliphatic rings. The number of pyridine rings is 1. The Bertz CT molecular complexity index is 880. The quantitative estimate of drug-likeness (QED) is 0.0348. The van der Waals surface area contributed by atoms with E-state index in [1.54, 1.807) is 0 Å². The molecular weight excluding hydrogens is 922 g/mol. The third-order valence-electron chi connectivity index (χ3n) is 15.7. The predicted molar refractivity (Wildman–Crippen MR) is 301 cm³/mol. The smallest absolute Gasteiger partial charge is 0.185 e. The molecule has 0 aromatic carbocycles. The van der Waals surface area contributed by atoms with Crippen LogP contribution in [0.4, 0.5) is 0 Å². The van der Waals surface area contributed by atoms with Gasteiger partial charge in [-0.05, 0) is 63.4 Å². The second-order valence-corrected chi connectivity index (χ2v) is 22.1. The average Bonchev–Trinajstić information content (AvgIpc) is 3.32. The molecule has 0 saturated carbocycles. The number of rotatable bonds is 54. The molecule has 0 unspecified atom stereocenters. The molecule has 0 N–H and O–H groups in total. The number of unbranched alkanes of at least 4 members (excludes halogenated alkanes) is 42. The van der Waals surface area contributed by atoms with Crippen LogP contribution in [0.2, 0.25) is 0 Å². The fraction of sp³-hybridized carbons (Fsp3) is 0.923. The molecule has 0 aliphatic heterocycles. The summed E-state index contributed by atoms with van der Waals surface area (Å²) in [6, 6.07) is 0. The van der Waals surface area contributed by atoms with E-state index in [0.717, 1.165) is 0 Å². The SMILES string of the molecule is CCCCCCCCCCc1c(CCCCCCCCCC)c(CCCCCCCCCC)[n+](CCCCCCCCCC)c(CCCCCCCCCC)c1CCCCCCCCCC.[I-]. The Morgan fingerprint density at radius 3 is 0.612 bits per heavy atom. The zero-order valence-corrected chi connectivity index (χ0v) is 49.7. The summed E-state index contributed by atoms with van der Waals surface area (Å²) in [6.07, 6.45) is 75.3. The van der Waals surface area contributed by atoms with Gasteiger partial charge in [-0.25, -0.2) is 0 Å². The first kappa shape index (κ1) is 66.9. The van der Waals surface area contributed by atoms with Gasteiger partial charge >= 0.3 is 0 Å². The first-order valence-electron chi connectivity index (χ1n) is 31.8. The molecule has 2 heteroatoms. The second-order valence-electron chi connectivity index (χ2n) is 22.1. The zero-order chi connectivity index (χ0) is 47.6. The number of halogens is 1. The van der Waals surface area contributed by atoms with Gasteiger partial charge in [0.1, 0.15) is 6.54 Å². The summed E-state index contributed by atoms with van der Waals surface area (Å²) in [7, 11) is 0. The fourth-order valence-corrected chi connectivity index (χ4v) is 11.3. The minimum absolute atomic E-state index is 0. The molecule has 0 spiro atoms. The molecule has 0 atom stereocenters. The van der Waals surface area contributed by atoms with Crippen LogP contribution in [-0.2, 0) is 38.6 Å². The van der Waals surface area contributed by atoms with Crippen LogP contribution in [0.15, 0.2) is 0 Å². The van der Waals surface area contributed by atoms with E-state index in [1.807, 2.05) is 28.1 Å². The normalized spacial score (nSPS) is 11.6. The highest BCUT2D eigenvalue weighted by Gasteiger charge is 2.29. The van der Waals surface area contributed by atoms with Gasteiger partial charge in [-0.2, -0.15) is 4.57 Å². The molecule has 0 amide bonds. The maximum atomic E-state index is 3.12. The van der Waals surface area contributed by atoms with Crippen LogP contribution in [-0.4, -0.2) is 0 Å². The average molecular weight is 1050 g/mol. The molecule has 1 heterocycles. The molecule has 1 nitrogen and oxygen atoms in total. The summed E-state index contributed by atoms with van der Waals surface area (Å²) in [6.45, 7) is 15.5. The number of hydrogen-bond acceptors (Lipinski definition) is 0. The summed E-state index contributed by atoms with van der Waals surface area (Å²) in [4.78, 5) is 0. The maximum Gasteiger partial charge on any atom is 0.185 e. The molecule has 1 aromatic heterocycles. The van der Waals surface area contributed by atoms with Crippen molar-refractivity contribution < 1.29 is 28.5 Å². The van der Waals surface area contributed by atoms with Crippen LogP contribution < -0.4 is 28.5 Å². The Labute approximate surface area is 442 Å². The van der Waals surface area contributed by atoms with E-state index < -0.39 is 0 Å². The lowest BCUT2D eigenvalue weighted by molar-refractivity contribution is -0.712. The fourth-order valence-electron chi connectivity index (χ4n) is 11.3. The van der Waals surface area contributed by atoms with E-state index >= 15 is 0 Å². The van der Waals surface area contributed by atoms with Crippen LogP contribution in [0.1, 0.15) is 378 Å². The van der Waals surface area contributed by atoms with Crippen molar-refractivity contribution in [2.45, 2.75) is 388 Å². The van der Waals surface area contributed by atoms with Crippen molar-refractivity contribution >= 4 is 0 Å². The summed E-state index contributed by atoms with van der Waals surface area (Å²) in [5.41, 5.74) is 9.44. The van der Waals surface area contributed by atoms with Crippen LogP contribution in [0.3, 0.4) is 0 Å². The molecule has 0 saturated heterocycles. The van der Waals surface area contributed by atoms with Gasteiger partial charge in [0.05, 0.1) is 0 Å². The summed E-state index contributed by atoms with van der Waals surface area (Å²) in [5, 5.41) is 0. The lowest BCUT2D eigenvalue weighted by Crippen LogP contribution is -3.00. The van der Waals surface area contributed by atoms with E-state index in [9.17, 15) is 0 Å². The van der Waals surface area contributed by atoms with Gasteiger partial charge in [-0.15, -0.1) is 0 Å².